The average molecular weight is 715 g/mol. The predicted molar refractivity (Wildman–Crippen MR) is 176 cm³/mol. The number of nitrogens with one attached hydrogen (secondary N) is 1. The second kappa shape index (κ2) is 10.9. The molecular formula is C29H29ClFIN10O. The zero-order valence-electron chi connectivity index (χ0n) is 23.9. The molecule has 1 aliphatic rings. The van der Waals surface area contributed by atoms with Crippen molar-refractivity contribution in [3.05, 3.63) is 59.7 Å². The number of halogens is 3. The van der Waals surface area contributed by atoms with Crippen LogP contribution >= 0.6 is 34.5 Å². The van der Waals surface area contributed by atoms with Crippen LogP contribution in [0.3, 0.4) is 0 Å². The largest absolute Gasteiger partial charge is 0.382 e. The number of aromatic nitrogens is 6. The van der Waals surface area contributed by atoms with Gasteiger partial charge in [0.2, 0.25) is 11.9 Å². The number of piperazine rings is 1. The smallest absolute Gasteiger partial charge is 0.246 e. The molecule has 43 heavy (non-hydrogen) atoms. The molecule has 3 aromatic heterocycles. The van der Waals surface area contributed by atoms with Gasteiger partial charge in [0.05, 0.1) is 50.7 Å². The van der Waals surface area contributed by atoms with Gasteiger partial charge in [-0.3, -0.25) is 9.48 Å². The van der Waals surface area contributed by atoms with Gasteiger partial charge in [0, 0.05) is 54.9 Å². The summed E-state index contributed by atoms with van der Waals surface area (Å²) in [6.07, 6.45) is 4.73. The third kappa shape index (κ3) is 4.93. The molecule has 11 nitrogen and oxygen atoms in total. The third-order valence-corrected chi connectivity index (χ3v) is 8.87. The molecule has 3 N–H and O–H groups in total. The van der Waals surface area contributed by atoms with Crippen LogP contribution in [0.4, 0.5) is 27.7 Å². The summed E-state index contributed by atoms with van der Waals surface area (Å²) in [4.78, 5) is 25.9. The van der Waals surface area contributed by atoms with Gasteiger partial charge < -0.3 is 20.9 Å². The summed E-state index contributed by atoms with van der Waals surface area (Å²) in [5.41, 5.74) is 9.33. The summed E-state index contributed by atoms with van der Waals surface area (Å²) < 4.78 is 20.2. The lowest BCUT2D eigenvalue weighted by Gasteiger charge is -2.44. The zero-order chi connectivity index (χ0) is 30.7. The number of carbonyl (C=O) groups excluding carboxylic acids is 1. The monoisotopic (exact) mass is 714 g/mol. The molecule has 0 aliphatic carbocycles. The minimum Gasteiger partial charge on any atom is -0.382 e. The van der Waals surface area contributed by atoms with E-state index in [0.717, 1.165) is 11.1 Å². The Morgan fingerprint density at radius 3 is 2.70 bits per heavy atom. The van der Waals surface area contributed by atoms with E-state index in [-0.39, 0.29) is 45.9 Å². The summed E-state index contributed by atoms with van der Waals surface area (Å²) >= 11 is 8.97. The quantitative estimate of drug-likeness (QED) is 0.178. The normalized spacial score (nSPS) is 17.2. The van der Waals surface area contributed by atoms with E-state index in [1.165, 1.54) is 6.08 Å². The van der Waals surface area contributed by atoms with Crippen molar-refractivity contribution in [2.24, 2.45) is 7.05 Å². The molecule has 1 aliphatic heterocycles. The van der Waals surface area contributed by atoms with Crippen LogP contribution < -0.4 is 16.0 Å². The Balaban J connectivity index is 1.59. The number of fused-ring (bicyclic) bond motifs is 2. The number of nitrogens with two attached hydrogens (primary N) is 1. The molecule has 6 rings (SSSR count). The van der Waals surface area contributed by atoms with Crippen LogP contribution in [0.25, 0.3) is 32.9 Å². The molecule has 5 aromatic rings. The lowest BCUT2D eigenvalue weighted by atomic mass is 9.94. The highest BCUT2D eigenvalue weighted by atomic mass is 127. The number of anilines is 4. The second-order valence-corrected chi connectivity index (χ2v) is 12.1. The minimum atomic E-state index is -0.599. The number of carbonyl (C=O) groups is 1. The number of hydrogen-bond donors (Lipinski definition) is 2. The number of amides is 1. The number of aryl methyl sites for hydroxylation is 2. The first kappa shape index (κ1) is 29.1. The van der Waals surface area contributed by atoms with Crippen LogP contribution in [-0.2, 0) is 11.8 Å². The molecule has 1 fully saturated rings. The fourth-order valence-electron chi connectivity index (χ4n) is 5.77. The molecule has 1 saturated heterocycles. The first-order valence-corrected chi connectivity index (χ1v) is 14.9. The van der Waals surface area contributed by atoms with E-state index in [1.807, 2.05) is 55.8 Å². The van der Waals surface area contributed by atoms with Gasteiger partial charge in [0.15, 0.2) is 11.6 Å². The average Bonchev–Trinajstić information content (AvgIpc) is 3.51. The van der Waals surface area contributed by atoms with Crippen LogP contribution in [0.1, 0.15) is 19.4 Å². The number of benzene rings is 2. The van der Waals surface area contributed by atoms with E-state index in [1.54, 1.807) is 38.0 Å². The van der Waals surface area contributed by atoms with Crippen molar-refractivity contribution in [2.75, 3.05) is 29.0 Å². The first-order chi connectivity index (χ1) is 20.5. The van der Waals surface area contributed by atoms with E-state index in [4.69, 9.17) is 22.3 Å². The molecule has 0 bridgehead atoms. The van der Waals surface area contributed by atoms with Gasteiger partial charge in [-0.25, -0.2) is 12.3 Å². The van der Waals surface area contributed by atoms with Crippen LogP contribution in [-0.4, -0.2) is 63.7 Å². The van der Waals surface area contributed by atoms with Gasteiger partial charge in [0.25, 0.3) is 0 Å². The van der Waals surface area contributed by atoms with Crippen LogP contribution in [0.2, 0.25) is 5.02 Å². The SMILES string of the molecule is C=CC(=O)N1C[C@H](C)N(c2nc(Nc3cnn(C)c3)nc3c(F)c(-c4c(C)ccc5c4c(N)nn5I)c(Cl)cc23)C[C@H]1C. The van der Waals surface area contributed by atoms with Crippen LogP contribution in [0.5, 0.6) is 0 Å². The van der Waals surface area contributed by atoms with Gasteiger partial charge >= 0.3 is 0 Å². The molecule has 1 amide bonds. The molecule has 222 valence electrons. The Morgan fingerprint density at radius 1 is 1.23 bits per heavy atom. The number of nitrogens with zero attached hydrogens (tertiary/aromatic N) is 8. The lowest BCUT2D eigenvalue weighted by Crippen LogP contribution is -2.58. The summed E-state index contributed by atoms with van der Waals surface area (Å²) in [5.74, 6) is 0.237. The molecular weight excluding hydrogens is 686 g/mol. The first-order valence-electron chi connectivity index (χ1n) is 13.6. The minimum absolute atomic E-state index is 0.0945. The summed E-state index contributed by atoms with van der Waals surface area (Å²) in [6.45, 7) is 10.4. The maximum atomic E-state index is 16.9. The van der Waals surface area contributed by atoms with Crippen molar-refractivity contribution in [3.8, 4) is 11.1 Å². The van der Waals surface area contributed by atoms with Crippen molar-refractivity contribution in [3.63, 3.8) is 0 Å². The topological polar surface area (TPSA) is 123 Å². The maximum absolute atomic E-state index is 16.9. The van der Waals surface area contributed by atoms with Crippen molar-refractivity contribution >= 4 is 85.4 Å². The fraction of sp³-hybridized carbons (Fsp3) is 0.276. The number of rotatable bonds is 5. The van der Waals surface area contributed by atoms with E-state index in [9.17, 15) is 4.79 Å². The molecule has 2 aromatic carbocycles. The zero-order valence-corrected chi connectivity index (χ0v) is 26.9. The van der Waals surface area contributed by atoms with E-state index >= 15 is 4.39 Å². The second-order valence-electron chi connectivity index (χ2n) is 10.8. The van der Waals surface area contributed by atoms with Gasteiger partial charge in [-0.15, -0.1) is 5.10 Å². The van der Waals surface area contributed by atoms with Gasteiger partial charge in [-0.1, -0.05) is 24.2 Å². The molecule has 14 heteroatoms. The van der Waals surface area contributed by atoms with Crippen LogP contribution in [0.15, 0.2) is 43.2 Å². The predicted octanol–water partition coefficient (Wildman–Crippen LogP) is 5.62. The van der Waals surface area contributed by atoms with Crippen molar-refractivity contribution < 1.29 is 9.18 Å². The van der Waals surface area contributed by atoms with Crippen molar-refractivity contribution in [2.45, 2.75) is 32.9 Å². The summed E-state index contributed by atoms with van der Waals surface area (Å²) in [5, 5.41) is 13.0. The van der Waals surface area contributed by atoms with Crippen molar-refractivity contribution in [1.29, 1.82) is 0 Å². The fourth-order valence-corrected chi connectivity index (χ4v) is 6.70. The Labute approximate surface area is 266 Å². The Bertz CT molecular complexity index is 1940. The molecule has 2 atom stereocenters. The van der Waals surface area contributed by atoms with Gasteiger partial charge in [-0.05, 0) is 44.5 Å². The highest BCUT2D eigenvalue weighted by Crippen LogP contribution is 2.44. The Kier molecular flexibility index (Phi) is 7.40. The van der Waals surface area contributed by atoms with Gasteiger partial charge in [-0.2, -0.15) is 10.1 Å². The Hall–Kier alpha value is -3.98. The standard InChI is InChI=1S/C29H29ClFIN10O/c1-6-21(43)40-11-16(4)41(12-15(40)3)28-18-9-19(30)23(22-14(2)7-8-20-24(22)27(33)38-42(20)32)25(31)26(18)36-29(37-28)35-17-10-34-39(5)13-17/h6-10,13,15-16H,1,11-12H2,2-5H3,(H2,33,38)(H,35,36,37)/t15-,16+/m1/s1. The number of hydrogen-bond acceptors (Lipinski definition) is 8. The maximum Gasteiger partial charge on any atom is 0.246 e. The molecule has 0 spiro atoms. The molecule has 0 unspecified atom stereocenters. The molecule has 4 heterocycles. The van der Waals surface area contributed by atoms with E-state index < -0.39 is 5.82 Å². The summed E-state index contributed by atoms with van der Waals surface area (Å²) in [6, 6.07) is 5.21. The highest BCUT2D eigenvalue weighted by molar-refractivity contribution is 14.1. The van der Waals surface area contributed by atoms with E-state index in [0.29, 0.717) is 40.9 Å². The third-order valence-electron chi connectivity index (χ3n) is 7.83. The molecule has 0 radical (unpaired) electrons. The summed E-state index contributed by atoms with van der Waals surface area (Å²) in [7, 11) is 1.80. The molecule has 0 saturated carbocycles. The van der Waals surface area contributed by atoms with Gasteiger partial charge in [0.1, 0.15) is 11.3 Å². The highest BCUT2D eigenvalue weighted by Gasteiger charge is 2.34. The number of nitrogen functional groups attached to an aromatic ring is 1. The van der Waals surface area contributed by atoms with E-state index in [2.05, 4.69) is 32.0 Å². The van der Waals surface area contributed by atoms with Crippen LogP contribution in [0, 0.1) is 12.7 Å². The lowest BCUT2D eigenvalue weighted by molar-refractivity contribution is -0.128. The Morgan fingerprint density at radius 2 is 2.00 bits per heavy atom. The van der Waals surface area contributed by atoms with Crippen molar-refractivity contribution in [1.82, 2.24) is 32.6 Å².